The zero-order valence-electron chi connectivity index (χ0n) is 31.6. The van der Waals surface area contributed by atoms with Gasteiger partial charge in [0.2, 0.25) is 17.8 Å². The number of aryl methyl sites for hydroxylation is 4. The highest BCUT2D eigenvalue weighted by molar-refractivity contribution is 6.05. The van der Waals surface area contributed by atoms with E-state index < -0.39 is 5.91 Å². The molecular weight excluding hydrogens is 718 g/mol. The number of aromatic nitrogens is 8. The molecular formula is C39H41N11O6. The Hall–Kier alpha value is -6.78. The number of amides is 3. The molecule has 0 saturated carbocycles. The second kappa shape index (κ2) is 14.1. The van der Waals surface area contributed by atoms with Crippen LogP contribution in [0.5, 0.6) is 11.5 Å². The van der Waals surface area contributed by atoms with Crippen LogP contribution in [0.2, 0.25) is 0 Å². The number of imidazole rings is 2. The average Bonchev–Trinajstić information content (AvgIpc) is 3.95. The molecule has 17 nitrogen and oxygen atoms in total. The summed E-state index contributed by atoms with van der Waals surface area (Å²) in [5.74, 6) is 0.147. The summed E-state index contributed by atoms with van der Waals surface area (Å²) in [5, 5.41) is 14.8. The van der Waals surface area contributed by atoms with Crippen LogP contribution in [0.4, 0.5) is 11.9 Å². The monoisotopic (exact) mass is 759 g/mol. The number of allylic oxidation sites excluding steroid dienone is 2. The van der Waals surface area contributed by atoms with Crippen molar-refractivity contribution in [2.24, 2.45) is 5.73 Å². The smallest absolute Gasteiger partial charge is 0.276 e. The Balaban J connectivity index is 1.08. The number of benzene rings is 2. The van der Waals surface area contributed by atoms with E-state index in [2.05, 4.69) is 20.8 Å². The third-order valence-electron chi connectivity index (χ3n) is 10.1. The van der Waals surface area contributed by atoms with Crippen LogP contribution in [0.3, 0.4) is 0 Å². The SMILES string of the molecule is CCn1nc(C)cc1C(=O)Nc1nc2cc(C(C)=O)cc3c2n1[C@@H](C/C=C/C[C@H]1COc2cc(C(N)=O)cc4nc(NC(=O)c5cc(C)nn5CC)n1c24)CO3. The van der Waals surface area contributed by atoms with Gasteiger partial charge in [-0.3, -0.25) is 48.3 Å². The van der Waals surface area contributed by atoms with E-state index in [1.165, 1.54) is 6.92 Å². The van der Waals surface area contributed by atoms with E-state index in [0.717, 1.165) is 5.69 Å². The lowest BCUT2D eigenvalue weighted by molar-refractivity contribution is 0.0994. The number of nitrogens with two attached hydrogens (primary N) is 1. The van der Waals surface area contributed by atoms with E-state index in [-0.39, 0.29) is 48.5 Å². The van der Waals surface area contributed by atoms with Crippen LogP contribution in [0, 0.1) is 13.8 Å². The molecule has 4 N–H and O–H groups in total. The quantitative estimate of drug-likeness (QED) is 0.110. The van der Waals surface area contributed by atoms with Crippen LogP contribution >= 0.6 is 0 Å². The van der Waals surface area contributed by atoms with Crippen molar-refractivity contribution >= 4 is 57.5 Å². The van der Waals surface area contributed by atoms with Crippen molar-refractivity contribution in [3.05, 3.63) is 82.5 Å². The molecule has 4 aromatic heterocycles. The molecule has 6 aromatic rings. The van der Waals surface area contributed by atoms with Crippen molar-refractivity contribution < 1.29 is 28.7 Å². The van der Waals surface area contributed by atoms with Gasteiger partial charge in [0.15, 0.2) is 5.78 Å². The number of hydrogen-bond acceptors (Lipinski definition) is 10. The number of ether oxygens (including phenoxy) is 2. The van der Waals surface area contributed by atoms with E-state index >= 15 is 0 Å². The highest BCUT2D eigenvalue weighted by Crippen LogP contribution is 2.40. The first-order valence-corrected chi connectivity index (χ1v) is 18.5. The summed E-state index contributed by atoms with van der Waals surface area (Å²) in [6, 6.07) is 9.54. The van der Waals surface area contributed by atoms with Gasteiger partial charge in [0, 0.05) is 24.2 Å². The maximum absolute atomic E-state index is 13.6. The Morgan fingerprint density at radius 2 is 1.18 bits per heavy atom. The lowest BCUT2D eigenvalue weighted by Crippen LogP contribution is -2.26. The summed E-state index contributed by atoms with van der Waals surface area (Å²) in [7, 11) is 0. The topological polar surface area (TPSA) is 208 Å². The van der Waals surface area contributed by atoms with Gasteiger partial charge < -0.3 is 15.2 Å². The zero-order chi connectivity index (χ0) is 39.4. The fraction of sp³-hybridized carbons (Fsp3) is 0.333. The highest BCUT2D eigenvalue weighted by atomic mass is 16.5. The fourth-order valence-corrected chi connectivity index (χ4v) is 7.49. The number of hydrogen-bond donors (Lipinski definition) is 3. The van der Waals surface area contributed by atoms with E-state index in [4.69, 9.17) is 25.2 Å². The molecule has 2 aliphatic heterocycles. The summed E-state index contributed by atoms with van der Waals surface area (Å²) in [6.45, 7) is 10.5. The van der Waals surface area contributed by atoms with Crippen molar-refractivity contribution in [3.8, 4) is 11.5 Å². The first kappa shape index (κ1) is 36.2. The van der Waals surface area contributed by atoms with Gasteiger partial charge >= 0.3 is 0 Å². The van der Waals surface area contributed by atoms with Gasteiger partial charge in [0.05, 0.1) is 34.5 Å². The van der Waals surface area contributed by atoms with E-state index in [0.29, 0.717) is 94.0 Å². The molecule has 0 spiro atoms. The lowest BCUT2D eigenvalue weighted by Gasteiger charge is -2.27. The molecule has 0 radical (unpaired) electrons. The first-order chi connectivity index (χ1) is 26.9. The molecule has 3 amide bonds. The van der Waals surface area contributed by atoms with Gasteiger partial charge in [-0.15, -0.1) is 0 Å². The maximum atomic E-state index is 13.6. The van der Waals surface area contributed by atoms with Crippen molar-refractivity contribution in [1.82, 2.24) is 38.7 Å². The van der Waals surface area contributed by atoms with Crippen molar-refractivity contribution in [1.29, 1.82) is 0 Å². The van der Waals surface area contributed by atoms with Gasteiger partial charge in [-0.05, 0) is 83.9 Å². The van der Waals surface area contributed by atoms with Gasteiger partial charge in [0.25, 0.3) is 11.8 Å². The molecule has 56 heavy (non-hydrogen) atoms. The standard InChI is InChI=1S/C39H41N11O6/c1-6-47-29(12-20(3)45-47)36(53)43-38-41-27-14-23(22(5)51)16-31-33(27)49(38)25(18-55-31)10-8-9-11-26-19-56-32-17-24(35(40)52)15-28-34(32)50(26)39(42-28)44-37(54)30-13-21(4)46-48(30)7-2/h8-9,12-17,25-26H,6-7,10-11,18-19H2,1-5H3,(H2,40,52)(H,41,43,53)(H,42,44,54)/b9-8+/t25-,26-/m0/s1. The number of ketones is 1. The highest BCUT2D eigenvalue weighted by Gasteiger charge is 2.31. The van der Waals surface area contributed by atoms with Crippen molar-refractivity contribution in [2.45, 2.75) is 72.6 Å². The molecule has 0 unspecified atom stereocenters. The molecule has 2 aromatic carbocycles. The Morgan fingerprint density at radius 3 is 1.61 bits per heavy atom. The van der Waals surface area contributed by atoms with E-state index in [1.807, 2.05) is 49.0 Å². The van der Waals surface area contributed by atoms with Crippen LogP contribution < -0.4 is 25.8 Å². The molecule has 6 heterocycles. The van der Waals surface area contributed by atoms with Gasteiger partial charge in [-0.25, -0.2) is 9.97 Å². The zero-order valence-corrected chi connectivity index (χ0v) is 31.6. The van der Waals surface area contributed by atoms with Crippen LogP contribution in [-0.2, 0) is 13.1 Å². The predicted molar refractivity (Wildman–Crippen MR) is 207 cm³/mol. The van der Waals surface area contributed by atoms with E-state index in [1.54, 1.807) is 45.8 Å². The Morgan fingerprint density at radius 1 is 0.732 bits per heavy atom. The van der Waals surface area contributed by atoms with Gasteiger partial charge in [-0.2, -0.15) is 10.2 Å². The minimum atomic E-state index is -0.617. The summed E-state index contributed by atoms with van der Waals surface area (Å²) >= 11 is 0. The summed E-state index contributed by atoms with van der Waals surface area (Å²) in [4.78, 5) is 61.1. The Bertz CT molecular complexity index is 2450. The van der Waals surface area contributed by atoms with Crippen molar-refractivity contribution in [2.75, 3.05) is 23.8 Å². The third kappa shape index (κ3) is 6.33. The summed E-state index contributed by atoms with van der Waals surface area (Å²) in [5.41, 5.74) is 10.9. The Kier molecular flexibility index (Phi) is 9.14. The molecule has 0 bridgehead atoms. The minimum Gasteiger partial charge on any atom is -0.489 e. The molecule has 0 fully saturated rings. The number of primary amides is 1. The fourth-order valence-electron chi connectivity index (χ4n) is 7.49. The number of nitrogens with one attached hydrogen (secondary N) is 2. The molecule has 0 saturated heterocycles. The minimum absolute atomic E-state index is 0.123. The molecule has 0 aliphatic carbocycles. The van der Waals surface area contributed by atoms with Crippen LogP contribution in [0.1, 0.15) is 98.8 Å². The molecule has 288 valence electrons. The number of carbonyl (C=O) groups is 4. The summed E-state index contributed by atoms with van der Waals surface area (Å²) < 4.78 is 19.5. The second-order valence-electron chi connectivity index (χ2n) is 14.0. The number of Topliss-reactive ketones (excluding diaryl/α,β-unsaturated/α-hetero) is 1. The maximum Gasteiger partial charge on any atom is 0.276 e. The Labute approximate surface area is 320 Å². The molecule has 2 aliphatic rings. The lowest BCUT2D eigenvalue weighted by atomic mass is 10.1. The predicted octanol–water partition coefficient (Wildman–Crippen LogP) is 5.15. The molecule has 8 rings (SSSR count). The average molecular weight is 760 g/mol. The van der Waals surface area contributed by atoms with Crippen LogP contribution in [-0.4, -0.2) is 75.4 Å². The van der Waals surface area contributed by atoms with Crippen molar-refractivity contribution in [3.63, 3.8) is 0 Å². The third-order valence-corrected chi connectivity index (χ3v) is 10.1. The second-order valence-corrected chi connectivity index (χ2v) is 14.0. The summed E-state index contributed by atoms with van der Waals surface area (Å²) in [6.07, 6.45) is 5.10. The normalized spacial score (nSPS) is 15.9. The number of anilines is 2. The number of rotatable bonds is 12. The molecule has 17 heteroatoms. The van der Waals surface area contributed by atoms with E-state index in [9.17, 15) is 19.2 Å². The number of nitrogens with zero attached hydrogens (tertiary/aromatic N) is 8. The largest absolute Gasteiger partial charge is 0.489 e. The first-order valence-electron chi connectivity index (χ1n) is 18.5. The van der Waals surface area contributed by atoms with Gasteiger partial charge in [-0.1, -0.05) is 12.2 Å². The van der Waals surface area contributed by atoms with Crippen LogP contribution in [0.25, 0.3) is 22.1 Å². The number of carbonyl (C=O) groups excluding carboxylic acids is 4. The van der Waals surface area contributed by atoms with Crippen LogP contribution in [0.15, 0.2) is 48.6 Å². The van der Waals surface area contributed by atoms with Gasteiger partial charge in [0.1, 0.15) is 47.1 Å². The molecule has 2 atom stereocenters.